The summed E-state index contributed by atoms with van der Waals surface area (Å²) in [7, 11) is 0. The summed E-state index contributed by atoms with van der Waals surface area (Å²) in [6.45, 7) is 0.213. The van der Waals surface area contributed by atoms with Crippen molar-refractivity contribution in [1.82, 2.24) is 20.5 Å². The number of halogens is 1. The molecule has 1 saturated carbocycles. The summed E-state index contributed by atoms with van der Waals surface area (Å²) < 4.78 is 5.63. The lowest BCUT2D eigenvalue weighted by molar-refractivity contribution is -0.113. The number of hydrogen-bond acceptors (Lipinski definition) is 6. The Labute approximate surface area is 200 Å². The van der Waals surface area contributed by atoms with Gasteiger partial charge in [0, 0.05) is 11.1 Å². The summed E-state index contributed by atoms with van der Waals surface area (Å²) in [5.41, 5.74) is 0.952. The minimum Gasteiger partial charge on any atom is -0.486 e. The molecule has 3 N–H and O–H groups in total. The summed E-state index contributed by atoms with van der Waals surface area (Å²) >= 11 is 7.06. The van der Waals surface area contributed by atoms with Crippen LogP contribution in [-0.2, 0) is 11.4 Å². The van der Waals surface area contributed by atoms with Crippen LogP contribution in [0.25, 0.3) is 0 Å². The van der Waals surface area contributed by atoms with E-state index in [1.54, 1.807) is 48.5 Å². The molecule has 172 valence electrons. The molecular weight excluding hydrogens is 462 g/mol. The van der Waals surface area contributed by atoms with Gasteiger partial charge in [-0.15, -0.1) is 5.10 Å². The van der Waals surface area contributed by atoms with Gasteiger partial charge in [-0.2, -0.15) is 0 Å². The maximum Gasteiger partial charge on any atom is 0.253 e. The van der Waals surface area contributed by atoms with Crippen molar-refractivity contribution < 1.29 is 14.3 Å². The summed E-state index contributed by atoms with van der Waals surface area (Å²) in [5, 5.41) is 13.9. The lowest BCUT2D eigenvalue weighted by Crippen LogP contribution is -2.33. The molecule has 0 spiro atoms. The number of carbonyl (C=O) groups excluding carboxylic acids is 2. The number of aromatic nitrogens is 3. The molecule has 1 aromatic heterocycles. The second kappa shape index (κ2) is 11.2. The molecule has 0 bridgehead atoms. The van der Waals surface area contributed by atoms with Gasteiger partial charge in [0.25, 0.3) is 5.91 Å². The van der Waals surface area contributed by atoms with Crippen LogP contribution >= 0.6 is 23.4 Å². The first-order valence-corrected chi connectivity index (χ1v) is 12.1. The molecule has 2 aromatic carbocycles. The number of nitrogens with zero attached hydrogens (tertiary/aromatic N) is 2. The van der Waals surface area contributed by atoms with Gasteiger partial charge in [0.1, 0.15) is 12.4 Å². The number of carbonyl (C=O) groups is 2. The van der Waals surface area contributed by atoms with Crippen LogP contribution in [0, 0.1) is 0 Å². The van der Waals surface area contributed by atoms with Gasteiger partial charge in [0.2, 0.25) is 11.1 Å². The van der Waals surface area contributed by atoms with Crippen LogP contribution in [0.5, 0.6) is 5.75 Å². The fourth-order valence-electron chi connectivity index (χ4n) is 3.53. The average Bonchev–Trinajstić information content (AvgIpc) is 3.50. The highest BCUT2D eigenvalue weighted by molar-refractivity contribution is 7.99. The third-order valence-electron chi connectivity index (χ3n) is 5.17. The van der Waals surface area contributed by atoms with Crippen molar-refractivity contribution in [3.63, 3.8) is 0 Å². The highest BCUT2D eigenvalue weighted by Gasteiger charge is 2.20. The second-order valence-electron chi connectivity index (χ2n) is 7.64. The number of hydrogen-bond donors (Lipinski definition) is 3. The first kappa shape index (κ1) is 23.1. The Balaban J connectivity index is 1.27. The van der Waals surface area contributed by atoms with E-state index in [-0.39, 0.29) is 30.2 Å². The lowest BCUT2D eigenvalue weighted by atomic mass is 10.1. The zero-order valence-electron chi connectivity index (χ0n) is 17.8. The molecule has 1 fully saturated rings. The monoisotopic (exact) mass is 485 g/mol. The van der Waals surface area contributed by atoms with Gasteiger partial charge in [-0.3, -0.25) is 14.7 Å². The van der Waals surface area contributed by atoms with Gasteiger partial charge in [-0.25, -0.2) is 4.98 Å². The van der Waals surface area contributed by atoms with E-state index >= 15 is 0 Å². The predicted molar refractivity (Wildman–Crippen MR) is 128 cm³/mol. The SMILES string of the molecule is O=C(CSc1n[nH]c(COc2ccc(Cl)cc2)n1)Nc1ccccc1C(=O)NC1CCCC1. The van der Waals surface area contributed by atoms with Crippen molar-refractivity contribution in [3.05, 3.63) is 64.9 Å². The summed E-state index contributed by atoms with van der Waals surface area (Å²) in [6.07, 6.45) is 4.27. The predicted octanol–water partition coefficient (Wildman–Crippen LogP) is 4.44. The number of aromatic amines is 1. The topological polar surface area (TPSA) is 109 Å². The molecule has 1 aliphatic rings. The van der Waals surface area contributed by atoms with Crippen molar-refractivity contribution in [3.8, 4) is 5.75 Å². The molecular formula is C23H24ClN5O3S. The van der Waals surface area contributed by atoms with E-state index in [4.69, 9.17) is 16.3 Å². The van der Waals surface area contributed by atoms with E-state index in [0.29, 0.717) is 33.0 Å². The molecule has 4 rings (SSSR count). The molecule has 10 heteroatoms. The Morgan fingerprint density at radius 1 is 1.12 bits per heavy atom. The van der Waals surface area contributed by atoms with Crippen LogP contribution in [0.3, 0.4) is 0 Å². The maximum absolute atomic E-state index is 12.7. The molecule has 8 nitrogen and oxygen atoms in total. The molecule has 0 aliphatic heterocycles. The van der Waals surface area contributed by atoms with Crippen molar-refractivity contribution in [2.24, 2.45) is 0 Å². The van der Waals surface area contributed by atoms with Gasteiger partial charge in [-0.05, 0) is 49.2 Å². The summed E-state index contributed by atoms with van der Waals surface area (Å²) in [4.78, 5) is 29.5. The molecule has 1 aliphatic carbocycles. The Morgan fingerprint density at radius 3 is 2.67 bits per heavy atom. The number of rotatable bonds is 9. The third-order valence-corrected chi connectivity index (χ3v) is 6.27. The number of nitrogens with one attached hydrogen (secondary N) is 3. The summed E-state index contributed by atoms with van der Waals surface area (Å²) in [6, 6.07) is 14.3. The van der Waals surface area contributed by atoms with Crippen molar-refractivity contribution in [2.45, 2.75) is 43.5 Å². The zero-order valence-corrected chi connectivity index (χ0v) is 19.4. The van der Waals surface area contributed by atoms with E-state index in [1.165, 1.54) is 11.8 Å². The number of amides is 2. The number of H-pyrrole nitrogens is 1. The number of benzene rings is 2. The van der Waals surface area contributed by atoms with E-state index in [2.05, 4.69) is 25.8 Å². The van der Waals surface area contributed by atoms with Crippen LogP contribution in [-0.4, -0.2) is 38.8 Å². The van der Waals surface area contributed by atoms with Gasteiger partial charge in [-0.1, -0.05) is 48.3 Å². The minimum absolute atomic E-state index is 0.105. The molecule has 0 saturated heterocycles. The first-order chi connectivity index (χ1) is 16.1. The smallest absolute Gasteiger partial charge is 0.253 e. The number of para-hydroxylation sites is 1. The molecule has 0 unspecified atom stereocenters. The van der Waals surface area contributed by atoms with Crippen LogP contribution in [0.15, 0.2) is 53.7 Å². The maximum atomic E-state index is 12.7. The molecule has 33 heavy (non-hydrogen) atoms. The fraction of sp³-hybridized carbons (Fsp3) is 0.304. The Morgan fingerprint density at radius 2 is 1.88 bits per heavy atom. The Kier molecular flexibility index (Phi) is 7.85. The number of ether oxygens (including phenoxy) is 1. The normalized spacial score (nSPS) is 13.6. The molecule has 0 atom stereocenters. The zero-order chi connectivity index (χ0) is 23.0. The largest absolute Gasteiger partial charge is 0.486 e. The van der Waals surface area contributed by atoms with E-state index in [9.17, 15) is 9.59 Å². The summed E-state index contributed by atoms with van der Waals surface area (Å²) in [5.74, 6) is 0.907. The van der Waals surface area contributed by atoms with Gasteiger partial charge in [0.05, 0.1) is 17.0 Å². The van der Waals surface area contributed by atoms with Gasteiger partial charge >= 0.3 is 0 Å². The van der Waals surface area contributed by atoms with Gasteiger partial charge in [0.15, 0.2) is 5.82 Å². The molecule has 1 heterocycles. The van der Waals surface area contributed by atoms with E-state index in [0.717, 1.165) is 25.7 Å². The molecule has 0 radical (unpaired) electrons. The van der Waals surface area contributed by atoms with E-state index < -0.39 is 0 Å². The number of anilines is 1. The first-order valence-electron chi connectivity index (χ1n) is 10.7. The standard InChI is InChI=1S/C23H24ClN5O3S/c24-15-9-11-17(12-10-15)32-13-20-27-23(29-28-20)33-14-21(30)26-19-8-4-3-7-18(19)22(31)25-16-5-1-2-6-16/h3-4,7-12,16H,1-2,5-6,13-14H2,(H,25,31)(H,26,30)(H,27,28,29). The van der Waals surface area contributed by atoms with Gasteiger partial charge < -0.3 is 15.4 Å². The molecule has 3 aromatic rings. The highest BCUT2D eigenvalue weighted by atomic mass is 35.5. The van der Waals surface area contributed by atoms with Crippen LogP contribution < -0.4 is 15.4 Å². The number of thioether (sulfide) groups is 1. The van der Waals surface area contributed by atoms with Crippen LogP contribution in [0.1, 0.15) is 41.9 Å². The molecule has 2 amide bonds. The van der Waals surface area contributed by atoms with Crippen LogP contribution in [0.2, 0.25) is 5.02 Å². The lowest BCUT2D eigenvalue weighted by Gasteiger charge is -2.14. The average molecular weight is 486 g/mol. The fourth-order valence-corrected chi connectivity index (χ4v) is 4.27. The Bertz CT molecular complexity index is 1100. The minimum atomic E-state index is -0.245. The van der Waals surface area contributed by atoms with Crippen LogP contribution in [0.4, 0.5) is 5.69 Å². The van der Waals surface area contributed by atoms with Crippen molar-refractivity contribution >= 4 is 40.9 Å². The second-order valence-corrected chi connectivity index (χ2v) is 9.02. The Hall–Kier alpha value is -3.04. The quantitative estimate of drug-likeness (QED) is 0.386. The van der Waals surface area contributed by atoms with Crippen molar-refractivity contribution in [2.75, 3.05) is 11.1 Å². The van der Waals surface area contributed by atoms with E-state index in [1.807, 2.05) is 0 Å². The third kappa shape index (κ3) is 6.72. The highest BCUT2D eigenvalue weighted by Crippen LogP contribution is 2.21. The van der Waals surface area contributed by atoms with Crippen molar-refractivity contribution in [1.29, 1.82) is 0 Å².